The van der Waals surface area contributed by atoms with E-state index in [0.717, 1.165) is 5.01 Å². The lowest BCUT2D eigenvalue weighted by molar-refractivity contribution is -0.119. The number of alkyl halides is 3. The van der Waals surface area contributed by atoms with E-state index in [4.69, 9.17) is 0 Å². The third-order valence-electron chi connectivity index (χ3n) is 2.56. The van der Waals surface area contributed by atoms with Crippen molar-refractivity contribution in [3.8, 4) is 0 Å². The summed E-state index contributed by atoms with van der Waals surface area (Å²) < 4.78 is 37.5. The van der Waals surface area contributed by atoms with Crippen molar-refractivity contribution in [3.05, 3.63) is 35.9 Å². The molecule has 0 N–H and O–H groups in total. The van der Waals surface area contributed by atoms with Gasteiger partial charge in [-0.1, -0.05) is 30.3 Å². The molecule has 1 heterocycles. The van der Waals surface area contributed by atoms with E-state index in [0.29, 0.717) is 12.0 Å². The predicted octanol–water partition coefficient (Wildman–Crippen LogP) is 2.51. The Morgan fingerprint density at radius 3 is 2.47 bits per heavy atom. The first kappa shape index (κ1) is 11.6. The van der Waals surface area contributed by atoms with E-state index in [1.54, 1.807) is 30.3 Å². The molecule has 1 atom stereocenters. The van der Waals surface area contributed by atoms with Crippen LogP contribution < -0.4 is 0 Å². The largest absolute Gasteiger partial charge is 0.431 e. The van der Waals surface area contributed by atoms with Crippen molar-refractivity contribution in [2.45, 2.75) is 18.6 Å². The third kappa shape index (κ3) is 2.30. The summed E-state index contributed by atoms with van der Waals surface area (Å²) in [5, 5.41) is 4.11. The summed E-state index contributed by atoms with van der Waals surface area (Å²) in [6.07, 6.45) is -4.46. The number of amides is 1. The van der Waals surface area contributed by atoms with E-state index in [1.807, 2.05) is 0 Å². The summed E-state index contributed by atoms with van der Waals surface area (Å²) in [7, 11) is 0. The van der Waals surface area contributed by atoms with Gasteiger partial charge in [0, 0.05) is 6.42 Å². The fraction of sp³-hybridized carbons (Fsp3) is 0.273. The molecule has 0 saturated carbocycles. The van der Waals surface area contributed by atoms with Crippen LogP contribution in [-0.2, 0) is 4.79 Å². The SMILES string of the molecule is O=CN1N=C(C(F)(F)F)CC1c1ccccc1. The highest BCUT2D eigenvalue weighted by atomic mass is 19.4. The lowest BCUT2D eigenvalue weighted by Crippen LogP contribution is -2.21. The molecule has 0 aromatic heterocycles. The normalized spacial score (nSPS) is 20.3. The lowest BCUT2D eigenvalue weighted by Gasteiger charge is -2.16. The monoisotopic (exact) mass is 242 g/mol. The Kier molecular flexibility index (Phi) is 2.87. The molecule has 17 heavy (non-hydrogen) atoms. The van der Waals surface area contributed by atoms with Crippen LogP contribution in [0.5, 0.6) is 0 Å². The Morgan fingerprint density at radius 1 is 1.29 bits per heavy atom. The first-order valence-corrected chi connectivity index (χ1v) is 4.95. The van der Waals surface area contributed by atoms with Gasteiger partial charge in [-0.15, -0.1) is 0 Å². The van der Waals surface area contributed by atoms with Gasteiger partial charge < -0.3 is 0 Å². The molecule has 1 aromatic rings. The molecule has 1 aromatic carbocycles. The summed E-state index contributed by atoms with van der Waals surface area (Å²) in [6, 6.07) is 7.87. The Labute approximate surface area is 95.5 Å². The number of carbonyl (C=O) groups is 1. The van der Waals surface area contributed by atoms with Crippen LogP contribution in [0.3, 0.4) is 0 Å². The first-order chi connectivity index (χ1) is 8.02. The molecule has 6 heteroatoms. The predicted molar refractivity (Wildman–Crippen MR) is 55.2 cm³/mol. The average molecular weight is 242 g/mol. The van der Waals surface area contributed by atoms with Crippen LogP contribution >= 0.6 is 0 Å². The van der Waals surface area contributed by atoms with E-state index < -0.39 is 17.9 Å². The number of hydrazone groups is 1. The van der Waals surface area contributed by atoms with Crippen molar-refractivity contribution >= 4 is 12.1 Å². The Morgan fingerprint density at radius 2 is 1.94 bits per heavy atom. The summed E-state index contributed by atoms with van der Waals surface area (Å²) in [6.45, 7) is 0. The highest BCUT2D eigenvalue weighted by Crippen LogP contribution is 2.34. The number of hydrogen-bond acceptors (Lipinski definition) is 2. The number of nitrogens with zero attached hydrogens (tertiary/aromatic N) is 2. The van der Waals surface area contributed by atoms with Crippen molar-refractivity contribution in [3.63, 3.8) is 0 Å². The van der Waals surface area contributed by atoms with Gasteiger partial charge in [0.25, 0.3) is 0 Å². The number of rotatable bonds is 2. The van der Waals surface area contributed by atoms with E-state index in [1.165, 1.54) is 0 Å². The van der Waals surface area contributed by atoms with E-state index >= 15 is 0 Å². The molecule has 1 unspecified atom stereocenters. The van der Waals surface area contributed by atoms with Crippen molar-refractivity contribution < 1.29 is 18.0 Å². The molecule has 3 nitrogen and oxygen atoms in total. The van der Waals surface area contributed by atoms with Crippen molar-refractivity contribution in [2.75, 3.05) is 0 Å². The second kappa shape index (κ2) is 4.20. The first-order valence-electron chi connectivity index (χ1n) is 4.95. The number of benzene rings is 1. The van der Waals surface area contributed by atoms with E-state index in [9.17, 15) is 18.0 Å². The minimum absolute atomic E-state index is 0.299. The Balaban J connectivity index is 2.26. The van der Waals surface area contributed by atoms with Crippen LogP contribution in [0.4, 0.5) is 13.2 Å². The fourth-order valence-electron chi connectivity index (χ4n) is 1.74. The van der Waals surface area contributed by atoms with Gasteiger partial charge in [0.15, 0.2) is 0 Å². The maximum atomic E-state index is 12.5. The molecular weight excluding hydrogens is 233 g/mol. The molecule has 90 valence electrons. The van der Waals surface area contributed by atoms with E-state index in [-0.39, 0.29) is 6.42 Å². The number of carbonyl (C=O) groups excluding carboxylic acids is 1. The smallest absolute Gasteiger partial charge is 0.277 e. The topological polar surface area (TPSA) is 32.7 Å². The second-order valence-electron chi connectivity index (χ2n) is 3.66. The molecule has 0 fully saturated rings. The van der Waals surface area contributed by atoms with Gasteiger partial charge in [-0.2, -0.15) is 18.3 Å². The van der Waals surface area contributed by atoms with Crippen molar-refractivity contribution in [2.24, 2.45) is 5.10 Å². The molecule has 0 spiro atoms. The summed E-state index contributed by atoms with van der Waals surface area (Å²) in [5.41, 5.74) is -0.277. The number of hydrogen-bond donors (Lipinski definition) is 0. The van der Waals surface area contributed by atoms with Gasteiger partial charge in [-0.25, -0.2) is 5.01 Å². The summed E-state index contributed by atoms with van der Waals surface area (Å²) in [4.78, 5) is 10.7. The molecule has 1 amide bonds. The van der Waals surface area contributed by atoms with Gasteiger partial charge in [-0.3, -0.25) is 4.79 Å². The Bertz CT molecular complexity index is 442. The zero-order valence-electron chi connectivity index (χ0n) is 8.69. The van der Waals surface area contributed by atoms with E-state index in [2.05, 4.69) is 5.10 Å². The highest BCUT2D eigenvalue weighted by molar-refractivity contribution is 5.92. The minimum atomic E-state index is -4.48. The second-order valence-corrected chi connectivity index (χ2v) is 3.66. The van der Waals surface area contributed by atoms with Crippen LogP contribution in [0.2, 0.25) is 0 Å². The highest BCUT2D eigenvalue weighted by Gasteiger charge is 2.43. The maximum absolute atomic E-state index is 12.5. The van der Waals surface area contributed by atoms with Crippen LogP contribution in [0.15, 0.2) is 35.4 Å². The van der Waals surface area contributed by atoms with Gasteiger partial charge >= 0.3 is 6.18 Å². The minimum Gasteiger partial charge on any atom is -0.277 e. The zero-order valence-corrected chi connectivity index (χ0v) is 8.69. The molecule has 0 aliphatic carbocycles. The molecule has 0 saturated heterocycles. The molecule has 0 bridgehead atoms. The lowest BCUT2D eigenvalue weighted by atomic mass is 10.0. The number of halogens is 3. The summed E-state index contributed by atoms with van der Waals surface area (Å²) >= 11 is 0. The standard InChI is InChI=1S/C11H9F3N2O/c12-11(13,14)10-6-9(16(7-17)15-10)8-4-2-1-3-5-8/h1-5,7,9H,6H2. The Hall–Kier alpha value is -1.85. The third-order valence-corrected chi connectivity index (χ3v) is 2.56. The van der Waals surface area contributed by atoms with Crippen LogP contribution in [0.1, 0.15) is 18.0 Å². The van der Waals surface area contributed by atoms with Crippen LogP contribution in [0.25, 0.3) is 0 Å². The molecular formula is C11H9F3N2O. The molecule has 0 radical (unpaired) electrons. The van der Waals surface area contributed by atoms with Gasteiger partial charge in [0.05, 0.1) is 6.04 Å². The fourth-order valence-corrected chi connectivity index (χ4v) is 1.74. The average Bonchev–Trinajstić information content (AvgIpc) is 2.73. The van der Waals surface area contributed by atoms with Gasteiger partial charge in [0.1, 0.15) is 5.71 Å². The van der Waals surface area contributed by atoms with Gasteiger partial charge in [0.2, 0.25) is 6.41 Å². The van der Waals surface area contributed by atoms with Crippen molar-refractivity contribution in [1.82, 2.24) is 5.01 Å². The zero-order chi connectivity index (χ0) is 12.5. The van der Waals surface area contributed by atoms with Crippen LogP contribution in [0, 0.1) is 0 Å². The molecule has 1 aliphatic heterocycles. The van der Waals surface area contributed by atoms with Gasteiger partial charge in [-0.05, 0) is 5.56 Å². The quantitative estimate of drug-likeness (QED) is 0.733. The van der Waals surface area contributed by atoms with Crippen molar-refractivity contribution in [1.29, 1.82) is 0 Å². The maximum Gasteiger partial charge on any atom is 0.431 e. The summed E-state index contributed by atoms with van der Waals surface area (Å²) in [5.74, 6) is 0. The molecule has 1 aliphatic rings. The van der Waals surface area contributed by atoms with Crippen LogP contribution in [-0.4, -0.2) is 23.3 Å². The molecule has 2 rings (SSSR count).